The molecule has 0 heterocycles. The lowest BCUT2D eigenvalue weighted by atomic mass is 10.0. The second-order valence-electron chi connectivity index (χ2n) is 5.98. The Hall–Kier alpha value is -2.93. The molecule has 1 amide bonds. The van der Waals surface area contributed by atoms with Gasteiger partial charge in [-0.05, 0) is 37.2 Å². The molecule has 0 aliphatic heterocycles. The minimum atomic E-state index is -0.684. The molecule has 138 valence electrons. The van der Waals surface area contributed by atoms with Gasteiger partial charge < -0.3 is 10.5 Å². The van der Waals surface area contributed by atoms with E-state index in [-0.39, 0.29) is 17.3 Å². The number of rotatable bonds is 8. The number of hydrogen-bond donors (Lipinski definition) is 1. The van der Waals surface area contributed by atoms with Crippen molar-refractivity contribution in [3.63, 3.8) is 0 Å². The van der Waals surface area contributed by atoms with E-state index < -0.39 is 10.8 Å². The predicted molar refractivity (Wildman–Crippen MR) is 99.1 cm³/mol. The van der Waals surface area contributed by atoms with E-state index in [1.165, 1.54) is 12.1 Å². The van der Waals surface area contributed by atoms with Gasteiger partial charge in [0.05, 0.1) is 12.0 Å². The second-order valence-corrected chi connectivity index (χ2v) is 5.98. The molecule has 7 nitrogen and oxygen atoms in total. The molecule has 0 aliphatic carbocycles. The molecule has 0 aromatic heterocycles. The summed E-state index contributed by atoms with van der Waals surface area (Å²) in [5.41, 5.74) is 6.85. The lowest BCUT2D eigenvalue weighted by Crippen LogP contribution is -2.27. The number of nitro benzene ring substituents is 1. The maximum atomic E-state index is 11.4. The quantitative estimate of drug-likeness (QED) is 0.577. The van der Waals surface area contributed by atoms with Gasteiger partial charge in [0.25, 0.3) is 5.69 Å². The highest BCUT2D eigenvalue weighted by Gasteiger charge is 2.21. The molecule has 0 fully saturated rings. The fourth-order valence-electron chi connectivity index (χ4n) is 2.87. The molecule has 0 aliphatic rings. The zero-order valence-corrected chi connectivity index (χ0v) is 15.1. The average molecular weight is 357 g/mol. The number of amides is 1. The molecule has 2 aromatic carbocycles. The van der Waals surface area contributed by atoms with Crippen LogP contribution in [0.4, 0.5) is 5.69 Å². The van der Waals surface area contributed by atoms with Crippen molar-refractivity contribution in [1.29, 1.82) is 0 Å². The lowest BCUT2D eigenvalue weighted by molar-refractivity contribution is -0.385. The Morgan fingerprint density at radius 2 is 2.04 bits per heavy atom. The number of carbonyl (C=O) groups is 1. The van der Waals surface area contributed by atoms with E-state index in [0.717, 1.165) is 11.3 Å². The molecular weight excluding hydrogens is 334 g/mol. The number of nitrogens with zero attached hydrogens (tertiary/aromatic N) is 2. The summed E-state index contributed by atoms with van der Waals surface area (Å²) in [6.07, 6.45) is 0. The van der Waals surface area contributed by atoms with Crippen LogP contribution < -0.4 is 10.5 Å². The van der Waals surface area contributed by atoms with E-state index in [9.17, 15) is 14.9 Å². The topological polar surface area (TPSA) is 98.7 Å². The van der Waals surface area contributed by atoms with Crippen molar-refractivity contribution < 1.29 is 14.5 Å². The summed E-state index contributed by atoms with van der Waals surface area (Å²) in [6, 6.07) is 12.1. The van der Waals surface area contributed by atoms with E-state index in [1.54, 1.807) is 13.2 Å². The molecule has 7 heteroatoms. The van der Waals surface area contributed by atoms with Gasteiger partial charge in [-0.15, -0.1) is 0 Å². The van der Waals surface area contributed by atoms with Gasteiger partial charge in [0.2, 0.25) is 5.91 Å². The van der Waals surface area contributed by atoms with Gasteiger partial charge in [-0.2, -0.15) is 0 Å². The van der Waals surface area contributed by atoms with Crippen molar-refractivity contribution in [2.75, 3.05) is 13.7 Å². The third-order valence-corrected chi connectivity index (χ3v) is 4.47. The van der Waals surface area contributed by atoms with Crippen molar-refractivity contribution >= 4 is 11.6 Å². The van der Waals surface area contributed by atoms with Crippen LogP contribution in [0.3, 0.4) is 0 Å². The Labute approximate surface area is 152 Å². The van der Waals surface area contributed by atoms with Gasteiger partial charge in [0, 0.05) is 29.8 Å². The average Bonchev–Trinajstić information content (AvgIpc) is 2.65. The van der Waals surface area contributed by atoms with Crippen LogP contribution in [0.5, 0.6) is 5.75 Å². The Balaban J connectivity index is 2.31. The predicted octanol–water partition coefficient (Wildman–Crippen LogP) is 3.29. The maximum absolute atomic E-state index is 11.4. The minimum absolute atomic E-state index is 0.0329. The van der Waals surface area contributed by atoms with Crippen LogP contribution in [0.15, 0.2) is 42.5 Å². The van der Waals surface area contributed by atoms with Crippen LogP contribution in [0, 0.1) is 10.1 Å². The fraction of sp³-hybridized carbons (Fsp3) is 0.316. The third-order valence-electron chi connectivity index (χ3n) is 4.47. The van der Waals surface area contributed by atoms with Gasteiger partial charge in [-0.25, -0.2) is 0 Å². The highest BCUT2D eigenvalue weighted by atomic mass is 16.6. The third kappa shape index (κ3) is 4.37. The summed E-state index contributed by atoms with van der Waals surface area (Å²) in [4.78, 5) is 24.3. The SMILES string of the molecule is CCN(Cc1ccc(C(N)=O)cc1[N+](=O)[O-])[C@H](C)c1cccc(OC)c1. The first-order chi connectivity index (χ1) is 12.4. The molecule has 2 rings (SSSR count). The van der Waals surface area contributed by atoms with E-state index in [4.69, 9.17) is 10.5 Å². The van der Waals surface area contributed by atoms with Crippen molar-refractivity contribution in [3.8, 4) is 5.75 Å². The number of nitro groups is 1. The first-order valence-corrected chi connectivity index (χ1v) is 8.32. The molecule has 0 unspecified atom stereocenters. The van der Waals surface area contributed by atoms with Crippen LogP contribution in [-0.4, -0.2) is 29.4 Å². The van der Waals surface area contributed by atoms with E-state index in [2.05, 4.69) is 4.90 Å². The van der Waals surface area contributed by atoms with Crippen LogP contribution in [-0.2, 0) is 6.54 Å². The molecule has 0 saturated carbocycles. The van der Waals surface area contributed by atoms with Gasteiger partial charge >= 0.3 is 0 Å². The number of methoxy groups -OCH3 is 1. The van der Waals surface area contributed by atoms with Gasteiger partial charge in [0.15, 0.2) is 0 Å². The largest absolute Gasteiger partial charge is 0.497 e. The smallest absolute Gasteiger partial charge is 0.274 e. The standard InChI is InChI=1S/C19H23N3O4/c1-4-21(13(2)14-6-5-7-17(10-14)26-3)12-16-9-8-15(19(20)23)11-18(16)22(24)25/h5-11,13H,4,12H2,1-3H3,(H2,20,23)/t13-/m1/s1. The van der Waals surface area contributed by atoms with Crippen molar-refractivity contribution in [1.82, 2.24) is 4.90 Å². The first kappa shape index (κ1) is 19.4. The molecule has 26 heavy (non-hydrogen) atoms. The van der Waals surface area contributed by atoms with Gasteiger partial charge in [-0.3, -0.25) is 19.8 Å². The number of benzene rings is 2. The highest BCUT2D eigenvalue weighted by Crippen LogP contribution is 2.28. The monoisotopic (exact) mass is 357 g/mol. The van der Waals surface area contributed by atoms with Crippen molar-refractivity contribution in [2.45, 2.75) is 26.4 Å². The molecule has 2 N–H and O–H groups in total. The molecule has 0 spiro atoms. The van der Waals surface area contributed by atoms with Gasteiger partial charge in [0.1, 0.15) is 5.75 Å². The number of nitrogens with two attached hydrogens (primary N) is 1. The number of ether oxygens (including phenoxy) is 1. The summed E-state index contributed by atoms with van der Waals surface area (Å²) < 4.78 is 5.27. The summed E-state index contributed by atoms with van der Waals surface area (Å²) in [7, 11) is 1.62. The van der Waals surface area contributed by atoms with Crippen molar-refractivity contribution in [3.05, 3.63) is 69.3 Å². The zero-order valence-electron chi connectivity index (χ0n) is 15.1. The molecule has 1 atom stereocenters. The Morgan fingerprint density at radius 3 is 2.62 bits per heavy atom. The molecular formula is C19H23N3O4. The molecule has 0 saturated heterocycles. The van der Waals surface area contributed by atoms with Crippen molar-refractivity contribution in [2.24, 2.45) is 5.73 Å². The van der Waals surface area contributed by atoms with Crippen LogP contribution in [0.25, 0.3) is 0 Å². The molecule has 0 radical (unpaired) electrons. The van der Waals surface area contributed by atoms with E-state index in [0.29, 0.717) is 18.7 Å². The Bertz CT molecular complexity index is 807. The summed E-state index contributed by atoms with van der Waals surface area (Å²) in [6.45, 7) is 5.12. The van der Waals surface area contributed by atoms with Crippen LogP contribution in [0.1, 0.15) is 41.4 Å². The number of carbonyl (C=O) groups excluding carboxylic acids is 1. The fourth-order valence-corrected chi connectivity index (χ4v) is 2.87. The maximum Gasteiger partial charge on any atom is 0.274 e. The van der Waals surface area contributed by atoms with E-state index in [1.807, 2.05) is 38.1 Å². The summed E-state index contributed by atoms with van der Waals surface area (Å²) in [5.74, 6) is 0.0824. The van der Waals surface area contributed by atoms with Crippen LogP contribution >= 0.6 is 0 Å². The second kappa shape index (κ2) is 8.44. The van der Waals surface area contributed by atoms with Gasteiger partial charge in [-0.1, -0.05) is 25.1 Å². The lowest BCUT2D eigenvalue weighted by Gasteiger charge is -2.28. The normalized spacial score (nSPS) is 12.0. The Morgan fingerprint density at radius 1 is 1.31 bits per heavy atom. The summed E-state index contributed by atoms with van der Waals surface area (Å²) >= 11 is 0. The zero-order chi connectivity index (χ0) is 19.3. The highest BCUT2D eigenvalue weighted by molar-refractivity contribution is 5.93. The van der Waals surface area contributed by atoms with Crippen LogP contribution in [0.2, 0.25) is 0 Å². The number of primary amides is 1. The summed E-state index contributed by atoms with van der Waals surface area (Å²) in [5, 5.41) is 11.4. The Kier molecular flexibility index (Phi) is 6.30. The van der Waals surface area contributed by atoms with E-state index >= 15 is 0 Å². The molecule has 2 aromatic rings. The minimum Gasteiger partial charge on any atom is -0.497 e. The first-order valence-electron chi connectivity index (χ1n) is 8.32. The number of hydrogen-bond acceptors (Lipinski definition) is 5. The molecule has 0 bridgehead atoms.